The van der Waals surface area contributed by atoms with Crippen LogP contribution in [-0.2, 0) is 14.3 Å². The monoisotopic (exact) mass is 381 g/mol. The molecule has 2 amide bonds. The van der Waals surface area contributed by atoms with Crippen LogP contribution in [-0.4, -0.2) is 41.6 Å². The van der Waals surface area contributed by atoms with Crippen LogP contribution in [0.3, 0.4) is 0 Å². The van der Waals surface area contributed by atoms with Gasteiger partial charge in [-0.3, -0.25) is 14.5 Å². The summed E-state index contributed by atoms with van der Waals surface area (Å²) >= 11 is 0. The van der Waals surface area contributed by atoms with Crippen LogP contribution in [0.4, 0.5) is 0 Å². The third-order valence-corrected chi connectivity index (χ3v) is 6.46. The molecule has 0 unspecified atom stereocenters. The van der Waals surface area contributed by atoms with Crippen molar-refractivity contribution in [2.24, 2.45) is 17.8 Å². The summed E-state index contributed by atoms with van der Waals surface area (Å²) in [6, 6.07) is 7.22. The van der Waals surface area contributed by atoms with Crippen LogP contribution < -0.4 is 0 Å². The Labute approximate surface area is 165 Å². The van der Waals surface area contributed by atoms with Crippen molar-refractivity contribution in [3.63, 3.8) is 0 Å². The number of imide groups is 1. The Kier molecular flexibility index (Phi) is 4.88. The third-order valence-electron chi connectivity index (χ3n) is 6.46. The third kappa shape index (κ3) is 3.18. The van der Waals surface area contributed by atoms with Gasteiger partial charge in [0.1, 0.15) is 5.75 Å². The summed E-state index contributed by atoms with van der Waals surface area (Å²) in [5.41, 5.74) is 4.68. The Balaban J connectivity index is 1.48. The number of benzene rings is 1. The van der Waals surface area contributed by atoms with Crippen molar-refractivity contribution in [2.75, 3.05) is 13.7 Å². The number of ether oxygens (including phenoxy) is 1. The van der Waals surface area contributed by atoms with Crippen molar-refractivity contribution in [3.8, 4) is 5.75 Å². The van der Waals surface area contributed by atoms with Crippen LogP contribution in [0, 0.1) is 17.8 Å². The van der Waals surface area contributed by atoms with Gasteiger partial charge < -0.3 is 9.84 Å². The van der Waals surface area contributed by atoms with Crippen LogP contribution in [0.25, 0.3) is 6.08 Å². The van der Waals surface area contributed by atoms with Crippen molar-refractivity contribution in [3.05, 3.63) is 46.5 Å². The average molecular weight is 381 g/mol. The van der Waals surface area contributed by atoms with Crippen molar-refractivity contribution < 1.29 is 19.4 Å². The van der Waals surface area contributed by atoms with E-state index in [4.69, 9.17) is 4.74 Å². The van der Waals surface area contributed by atoms with E-state index in [1.54, 1.807) is 19.2 Å². The minimum absolute atomic E-state index is 0.0206. The molecular formula is C23H27NO4. The van der Waals surface area contributed by atoms with Gasteiger partial charge in [-0.15, -0.1) is 0 Å². The van der Waals surface area contributed by atoms with Crippen molar-refractivity contribution in [1.29, 1.82) is 0 Å². The standard InChI is InChI=1S/C23H27NO4/c1-13(9-15-5-4-6-16(25)11-15)7-8-19-20-14(2)10-17-21(18(20)12-28-19)23(27)24(3)22(17)26/h4-6,9,11,17-19,21,25H,7-8,10,12H2,1-3H3/b13-9+/t17-,18+,19-,21-/m1/s1. The molecule has 2 saturated heterocycles. The van der Waals surface area contributed by atoms with E-state index in [-0.39, 0.29) is 41.4 Å². The molecular weight excluding hydrogens is 354 g/mol. The Morgan fingerprint density at radius 2 is 2.07 bits per heavy atom. The number of fused-ring (bicyclic) bond motifs is 3. The predicted molar refractivity (Wildman–Crippen MR) is 106 cm³/mol. The molecule has 1 aromatic carbocycles. The van der Waals surface area contributed by atoms with Crippen LogP contribution in [0.5, 0.6) is 5.75 Å². The van der Waals surface area contributed by atoms with Crippen molar-refractivity contribution >= 4 is 17.9 Å². The van der Waals surface area contributed by atoms with Crippen molar-refractivity contribution in [1.82, 2.24) is 4.90 Å². The highest BCUT2D eigenvalue weighted by atomic mass is 16.5. The van der Waals surface area contributed by atoms with E-state index in [0.29, 0.717) is 13.0 Å². The zero-order valence-electron chi connectivity index (χ0n) is 16.6. The first kappa shape index (κ1) is 18.9. The number of nitrogens with zero attached hydrogens (tertiary/aromatic N) is 1. The first-order chi connectivity index (χ1) is 13.4. The quantitative estimate of drug-likeness (QED) is 0.640. The maximum atomic E-state index is 12.6. The summed E-state index contributed by atoms with van der Waals surface area (Å²) in [6.07, 6.45) is 4.51. The van der Waals surface area contributed by atoms with Gasteiger partial charge in [0.05, 0.1) is 24.5 Å². The molecule has 5 heteroatoms. The molecule has 2 heterocycles. The second-order valence-corrected chi connectivity index (χ2v) is 8.36. The second kappa shape index (κ2) is 7.21. The first-order valence-electron chi connectivity index (χ1n) is 9.95. The fourth-order valence-electron chi connectivity index (χ4n) is 5.12. The molecule has 0 bridgehead atoms. The number of phenols is 1. The largest absolute Gasteiger partial charge is 0.508 e. The molecule has 3 aliphatic rings. The number of hydrogen-bond donors (Lipinski definition) is 1. The lowest BCUT2D eigenvalue weighted by Gasteiger charge is -2.30. The number of amides is 2. The molecule has 0 aromatic heterocycles. The normalized spacial score (nSPS) is 30.1. The summed E-state index contributed by atoms with van der Waals surface area (Å²) in [6.45, 7) is 4.70. The van der Waals surface area contributed by atoms with Crippen LogP contribution in [0.15, 0.2) is 41.0 Å². The Morgan fingerprint density at radius 1 is 1.29 bits per heavy atom. The minimum Gasteiger partial charge on any atom is -0.508 e. The molecule has 0 radical (unpaired) electrons. The van der Waals surface area contributed by atoms with Crippen LogP contribution in [0.1, 0.15) is 38.7 Å². The molecule has 4 atom stereocenters. The zero-order chi connectivity index (χ0) is 20.0. The molecule has 2 fully saturated rings. The van der Waals surface area contributed by atoms with Gasteiger partial charge in [0.15, 0.2) is 0 Å². The van der Waals surface area contributed by atoms with Gasteiger partial charge in [-0.25, -0.2) is 0 Å². The number of rotatable bonds is 4. The number of allylic oxidation sites excluding steroid dienone is 2. The maximum absolute atomic E-state index is 12.6. The maximum Gasteiger partial charge on any atom is 0.233 e. The number of phenolic OH excluding ortho intramolecular Hbond substituents is 1. The second-order valence-electron chi connectivity index (χ2n) is 8.36. The van der Waals surface area contributed by atoms with Crippen molar-refractivity contribution in [2.45, 2.75) is 39.2 Å². The predicted octanol–water partition coefficient (Wildman–Crippen LogP) is 3.54. The Bertz CT molecular complexity index is 884. The smallest absolute Gasteiger partial charge is 0.233 e. The van der Waals surface area contributed by atoms with Gasteiger partial charge in [0, 0.05) is 13.0 Å². The molecule has 148 valence electrons. The van der Waals surface area contributed by atoms with E-state index in [1.807, 2.05) is 12.1 Å². The SMILES string of the molecule is CC1=C2[C@@H](CC/C(C)=C/c3cccc(O)c3)OC[C@@H]2[C@@H]2C(=O)N(C)C(=O)[C@@H]2C1. The topological polar surface area (TPSA) is 66.8 Å². The summed E-state index contributed by atoms with van der Waals surface area (Å²) < 4.78 is 6.11. The van der Waals surface area contributed by atoms with Gasteiger partial charge in [0.25, 0.3) is 0 Å². The highest BCUT2D eigenvalue weighted by Crippen LogP contribution is 2.49. The molecule has 28 heavy (non-hydrogen) atoms. The molecule has 1 aliphatic carbocycles. The minimum atomic E-state index is -0.245. The number of aromatic hydroxyl groups is 1. The fourth-order valence-corrected chi connectivity index (χ4v) is 5.12. The molecule has 5 nitrogen and oxygen atoms in total. The molecule has 1 N–H and O–H groups in total. The number of carbonyl (C=O) groups is 2. The fraction of sp³-hybridized carbons (Fsp3) is 0.478. The van der Waals surface area contributed by atoms with E-state index in [9.17, 15) is 14.7 Å². The van der Waals surface area contributed by atoms with Gasteiger partial charge >= 0.3 is 0 Å². The average Bonchev–Trinajstić information content (AvgIpc) is 3.16. The van der Waals surface area contributed by atoms with E-state index in [2.05, 4.69) is 19.9 Å². The van der Waals surface area contributed by atoms with Crippen LogP contribution in [0.2, 0.25) is 0 Å². The highest BCUT2D eigenvalue weighted by Gasteiger charge is 2.55. The van der Waals surface area contributed by atoms with E-state index in [1.165, 1.54) is 21.6 Å². The van der Waals surface area contributed by atoms with Gasteiger partial charge in [-0.05, 0) is 56.4 Å². The van der Waals surface area contributed by atoms with Gasteiger partial charge in [0.2, 0.25) is 11.8 Å². The molecule has 4 rings (SSSR count). The Morgan fingerprint density at radius 3 is 2.82 bits per heavy atom. The van der Waals surface area contributed by atoms with Crippen LogP contribution >= 0.6 is 0 Å². The molecule has 0 spiro atoms. The summed E-state index contributed by atoms with van der Waals surface area (Å²) in [7, 11) is 1.60. The number of carbonyl (C=O) groups excluding carboxylic acids is 2. The molecule has 0 saturated carbocycles. The summed E-state index contributed by atoms with van der Waals surface area (Å²) in [5, 5.41) is 9.61. The number of hydrogen-bond acceptors (Lipinski definition) is 4. The molecule has 2 aliphatic heterocycles. The van der Waals surface area contributed by atoms with Gasteiger partial charge in [-0.2, -0.15) is 0 Å². The summed E-state index contributed by atoms with van der Waals surface area (Å²) in [5.74, 6) is -0.232. The van der Waals surface area contributed by atoms with Gasteiger partial charge in [-0.1, -0.05) is 29.4 Å². The van der Waals surface area contributed by atoms with E-state index < -0.39 is 0 Å². The lowest BCUT2D eigenvalue weighted by molar-refractivity contribution is -0.138. The lowest BCUT2D eigenvalue weighted by atomic mass is 9.70. The lowest BCUT2D eigenvalue weighted by Crippen LogP contribution is -2.33. The van der Waals surface area contributed by atoms with E-state index >= 15 is 0 Å². The summed E-state index contributed by atoms with van der Waals surface area (Å²) in [4.78, 5) is 26.3. The zero-order valence-corrected chi connectivity index (χ0v) is 16.6. The molecule has 1 aromatic rings. The Hall–Kier alpha value is -2.40. The highest BCUT2D eigenvalue weighted by molar-refractivity contribution is 6.05. The first-order valence-corrected chi connectivity index (χ1v) is 9.95. The number of likely N-dealkylation sites (tertiary alicyclic amines) is 1. The van der Waals surface area contributed by atoms with E-state index in [0.717, 1.165) is 18.4 Å².